The molecule has 0 unspecified atom stereocenters. The summed E-state index contributed by atoms with van der Waals surface area (Å²) in [4.78, 5) is 0.131. The number of aliphatic hydroxyl groups excluding tert-OH is 2. The van der Waals surface area contributed by atoms with Crippen LogP contribution in [0.25, 0.3) is 0 Å². The van der Waals surface area contributed by atoms with E-state index < -0.39 is 45.5 Å². The van der Waals surface area contributed by atoms with E-state index in [0.717, 1.165) is 18.4 Å². The molecule has 1 saturated heterocycles. The van der Waals surface area contributed by atoms with Crippen LogP contribution in [-0.4, -0.2) is 41.2 Å². The Balaban J connectivity index is 1.91. The average Bonchev–Trinajstić information content (AvgIpc) is 2.71. The zero-order valence-corrected chi connectivity index (χ0v) is 18.0. The summed E-state index contributed by atoms with van der Waals surface area (Å²) in [6.07, 6.45) is 0.411. The highest BCUT2D eigenvalue weighted by Crippen LogP contribution is 2.53. The molecule has 1 aliphatic heterocycles. The summed E-state index contributed by atoms with van der Waals surface area (Å²) < 4.78 is 43.1. The van der Waals surface area contributed by atoms with Crippen LogP contribution in [0, 0.1) is 18.2 Å². The summed E-state index contributed by atoms with van der Waals surface area (Å²) in [5, 5.41) is 22.2. The van der Waals surface area contributed by atoms with E-state index in [2.05, 4.69) is 0 Å². The third kappa shape index (κ3) is 3.38. The third-order valence-corrected chi connectivity index (χ3v) is 8.80. The fourth-order valence-corrected chi connectivity index (χ4v) is 7.14. The molecule has 4 rings (SSSR count). The van der Waals surface area contributed by atoms with Crippen LogP contribution >= 0.6 is 0 Å². The van der Waals surface area contributed by atoms with Gasteiger partial charge in [-0.1, -0.05) is 49.6 Å². The number of aliphatic hydroxyl groups is 2. The Kier molecular flexibility index (Phi) is 5.51. The van der Waals surface area contributed by atoms with Crippen LogP contribution in [0.4, 0.5) is 4.39 Å². The molecular weight excluding hydrogens is 405 g/mol. The number of piperidine rings is 1. The minimum atomic E-state index is -4.01. The molecule has 0 spiro atoms. The number of sulfonamides is 1. The first-order valence-corrected chi connectivity index (χ1v) is 11.8. The van der Waals surface area contributed by atoms with E-state index in [-0.39, 0.29) is 4.90 Å². The Hall–Kier alpha value is -1.80. The van der Waals surface area contributed by atoms with Crippen molar-refractivity contribution in [2.75, 3.05) is 0 Å². The molecule has 0 amide bonds. The molecule has 0 bridgehead atoms. The Morgan fingerprint density at radius 1 is 1.10 bits per heavy atom. The van der Waals surface area contributed by atoms with E-state index in [1.54, 1.807) is 30.3 Å². The van der Waals surface area contributed by atoms with E-state index in [9.17, 15) is 23.0 Å². The molecule has 30 heavy (non-hydrogen) atoms. The van der Waals surface area contributed by atoms with Gasteiger partial charge in [0, 0.05) is 11.5 Å². The second-order valence-electron chi connectivity index (χ2n) is 8.85. The van der Waals surface area contributed by atoms with Gasteiger partial charge in [-0.25, -0.2) is 12.8 Å². The number of aryl methyl sites for hydroxylation is 1. The van der Waals surface area contributed by atoms with Crippen LogP contribution in [0.15, 0.2) is 53.4 Å². The molecule has 2 N–H and O–H groups in total. The maximum atomic E-state index is 14.0. The lowest BCUT2D eigenvalue weighted by molar-refractivity contribution is -0.163. The second-order valence-corrected chi connectivity index (χ2v) is 10.7. The van der Waals surface area contributed by atoms with Crippen molar-refractivity contribution in [1.82, 2.24) is 4.31 Å². The minimum absolute atomic E-state index is 0.131. The molecular formula is C23H28FNO4S. The van der Waals surface area contributed by atoms with Crippen LogP contribution in [0.1, 0.15) is 49.8 Å². The standard InChI is InChI=1S/C23H28FNO4S/c1-15-9-11-18(12-10-15)30(28,29)25-19-8-3-4-13-23(19,2)22(27)21(26)20(25)16-6-5-7-17(24)14-16/h5-7,9-12,14,19-22,26-27H,3-4,8,13H2,1-2H3/t19-,20+,21+,22+,23-/m1/s1. The van der Waals surface area contributed by atoms with Gasteiger partial charge in [0.15, 0.2) is 0 Å². The van der Waals surface area contributed by atoms with E-state index in [4.69, 9.17) is 0 Å². The minimum Gasteiger partial charge on any atom is -0.390 e. The highest BCUT2D eigenvalue weighted by atomic mass is 32.2. The molecule has 1 saturated carbocycles. The molecule has 2 aliphatic rings. The van der Waals surface area contributed by atoms with Gasteiger partial charge in [0.1, 0.15) is 11.9 Å². The quantitative estimate of drug-likeness (QED) is 0.776. The molecule has 2 aromatic rings. The fraction of sp³-hybridized carbons (Fsp3) is 0.478. The molecule has 5 atom stereocenters. The number of hydrogen-bond acceptors (Lipinski definition) is 4. The number of nitrogens with zero attached hydrogens (tertiary/aromatic N) is 1. The van der Waals surface area contributed by atoms with Crippen molar-refractivity contribution in [2.24, 2.45) is 5.41 Å². The Labute approximate surface area is 177 Å². The van der Waals surface area contributed by atoms with E-state index >= 15 is 0 Å². The molecule has 1 heterocycles. The summed E-state index contributed by atoms with van der Waals surface area (Å²) in [5.74, 6) is -0.515. The lowest BCUT2D eigenvalue weighted by atomic mass is 9.63. The molecule has 2 fully saturated rings. The van der Waals surface area contributed by atoms with Gasteiger partial charge in [0.05, 0.1) is 17.0 Å². The van der Waals surface area contributed by atoms with Crippen molar-refractivity contribution in [3.63, 3.8) is 0 Å². The summed E-state index contributed by atoms with van der Waals surface area (Å²) in [7, 11) is -4.01. The summed E-state index contributed by atoms with van der Waals surface area (Å²) in [6, 6.07) is 10.6. The summed E-state index contributed by atoms with van der Waals surface area (Å²) >= 11 is 0. The van der Waals surface area contributed by atoms with Gasteiger partial charge in [-0.2, -0.15) is 4.31 Å². The van der Waals surface area contributed by atoms with E-state index in [1.807, 2.05) is 13.8 Å². The summed E-state index contributed by atoms with van der Waals surface area (Å²) in [6.45, 7) is 3.73. The van der Waals surface area contributed by atoms with Crippen LogP contribution < -0.4 is 0 Å². The molecule has 5 nitrogen and oxygen atoms in total. The number of rotatable bonds is 3. The topological polar surface area (TPSA) is 77.8 Å². The third-order valence-electron chi connectivity index (χ3n) is 6.89. The smallest absolute Gasteiger partial charge is 0.243 e. The Bertz CT molecular complexity index is 1030. The Morgan fingerprint density at radius 3 is 2.47 bits per heavy atom. The maximum absolute atomic E-state index is 14.0. The monoisotopic (exact) mass is 433 g/mol. The zero-order valence-electron chi connectivity index (χ0n) is 17.2. The van der Waals surface area contributed by atoms with Crippen LogP contribution in [0.5, 0.6) is 0 Å². The van der Waals surface area contributed by atoms with Gasteiger partial charge in [0.25, 0.3) is 0 Å². The van der Waals surface area contributed by atoms with Gasteiger partial charge >= 0.3 is 0 Å². The van der Waals surface area contributed by atoms with Crippen molar-refractivity contribution >= 4 is 10.0 Å². The molecule has 0 aromatic heterocycles. The average molecular weight is 434 g/mol. The SMILES string of the molecule is Cc1ccc(S(=O)(=O)N2[C@@H](c3cccc(F)c3)[C@H](O)[C@H](O)[C@]3(C)CCCC[C@@H]23)cc1. The van der Waals surface area contributed by atoms with Crippen molar-refractivity contribution in [3.8, 4) is 0 Å². The number of benzene rings is 2. The number of halogens is 1. The second kappa shape index (κ2) is 7.71. The van der Waals surface area contributed by atoms with Crippen molar-refractivity contribution in [1.29, 1.82) is 0 Å². The predicted octanol–water partition coefficient (Wildman–Crippen LogP) is 3.55. The number of fused-ring (bicyclic) bond motifs is 1. The highest BCUT2D eigenvalue weighted by molar-refractivity contribution is 7.89. The van der Waals surface area contributed by atoms with Gasteiger partial charge in [-0.3, -0.25) is 0 Å². The normalized spacial score (nSPS) is 32.6. The lowest BCUT2D eigenvalue weighted by Crippen LogP contribution is -2.66. The maximum Gasteiger partial charge on any atom is 0.243 e. The number of hydrogen-bond donors (Lipinski definition) is 2. The predicted molar refractivity (Wildman–Crippen MR) is 112 cm³/mol. The fourth-order valence-electron chi connectivity index (χ4n) is 5.19. The van der Waals surface area contributed by atoms with Crippen molar-refractivity contribution in [3.05, 3.63) is 65.5 Å². The highest BCUT2D eigenvalue weighted by Gasteiger charge is 2.59. The van der Waals surface area contributed by atoms with Crippen LogP contribution in [-0.2, 0) is 10.0 Å². The van der Waals surface area contributed by atoms with Gasteiger partial charge in [-0.15, -0.1) is 0 Å². The summed E-state index contributed by atoms with van der Waals surface area (Å²) in [5.41, 5.74) is 0.497. The Morgan fingerprint density at radius 2 is 1.80 bits per heavy atom. The van der Waals surface area contributed by atoms with E-state index in [0.29, 0.717) is 18.4 Å². The first-order valence-electron chi connectivity index (χ1n) is 10.4. The van der Waals surface area contributed by atoms with E-state index in [1.165, 1.54) is 22.5 Å². The largest absolute Gasteiger partial charge is 0.390 e. The first kappa shape index (κ1) is 21.4. The molecule has 162 valence electrons. The van der Waals surface area contributed by atoms with Crippen molar-refractivity contribution in [2.45, 2.75) is 68.7 Å². The zero-order chi connectivity index (χ0) is 21.7. The van der Waals surface area contributed by atoms with Crippen molar-refractivity contribution < 1.29 is 23.0 Å². The molecule has 7 heteroatoms. The molecule has 1 aliphatic carbocycles. The molecule has 2 aromatic carbocycles. The van der Waals surface area contributed by atoms with Gasteiger partial charge < -0.3 is 10.2 Å². The molecule has 0 radical (unpaired) electrons. The van der Waals surface area contributed by atoms with Crippen LogP contribution in [0.2, 0.25) is 0 Å². The van der Waals surface area contributed by atoms with Gasteiger partial charge in [0.2, 0.25) is 10.0 Å². The van der Waals surface area contributed by atoms with Crippen LogP contribution in [0.3, 0.4) is 0 Å². The lowest BCUT2D eigenvalue weighted by Gasteiger charge is -2.57. The first-order chi connectivity index (χ1) is 14.2. The van der Waals surface area contributed by atoms with Gasteiger partial charge in [-0.05, 0) is 49.6 Å².